The van der Waals surface area contributed by atoms with Crippen molar-refractivity contribution in [2.45, 2.75) is 39.5 Å². The average molecular weight is 273 g/mol. The molecule has 100 valence electrons. The van der Waals surface area contributed by atoms with E-state index in [1.54, 1.807) is 11.3 Å². The normalized spacial score (nSPS) is 14.7. The summed E-state index contributed by atoms with van der Waals surface area (Å²) in [6, 6.07) is 2.16. The van der Waals surface area contributed by atoms with Gasteiger partial charge in [0.2, 0.25) is 0 Å². The molecule has 1 aliphatic rings. The highest BCUT2D eigenvalue weighted by molar-refractivity contribution is 7.13. The smallest absolute Gasteiger partial charge is 0.134 e. The van der Waals surface area contributed by atoms with Crippen LogP contribution >= 0.6 is 11.3 Å². The summed E-state index contributed by atoms with van der Waals surface area (Å²) >= 11 is 1.77. The van der Waals surface area contributed by atoms with E-state index in [0.717, 1.165) is 29.4 Å². The van der Waals surface area contributed by atoms with Gasteiger partial charge >= 0.3 is 0 Å². The van der Waals surface area contributed by atoms with Gasteiger partial charge in [-0.2, -0.15) is 0 Å². The van der Waals surface area contributed by atoms with Crippen LogP contribution in [0.1, 0.15) is 42.6 Å². The zero-order valence-electron chi connectivity index (χ0n) is 11.7. The Labute approximate surface area is 118 Å². The molecule has 0 unspecified atom stereocenters. The molecule has 1 fully saturated rings. The summed E-state index contributed by atoms with van der Waals surface area (Å²) in [5, 5.41) is 5.51. The van der Waals surface area contributed by atoms with Crippen molar-refractivity contribution in [2.75, 3.05) is 11.9 Å². The molecule has 0 atom stereocenters. The molecule has 2 aromatic heterocycles. The van der Waals surface area contributed by atoms with Crippen LogP contribution in [-0.2, 0) is 0 Å². The molecule has 19 heavy (non-hydrogen) atoms. The lowest BCUT2D eigenvalue weighted by atomic mass is 10.1. The van der Waals surface area contributed by atoms with Crippen molar-refractivity contribution in [1.82, 2.24) is 9.97 Å². The molecule has 0 radical (unpaired) electrons. The quantitative estimate of drug-likeness (QED) is 0.910. The first kappa shape index (κ1) is 12.6. The molecular formula is C15H19N3S. The van der Waals surface area contributed by atoms with Crippen LogP contribution in [-0.4, -0.2) is 16.5 Å². The number of nitrogens with one attached hydrogen (secondary N) is 1. The zero-order valence-corrected chi connectivity index (χ0v) is 12.5. The molecule has 4 heteroatoms. The second-order valence-corrected chi connectivity index (χ2v) is 6.06. The van der Waals surface area contributed by atoms with Gasteiger partial charge in [-0.3, -0.25) is 0 Å². The van der Waals surface area contributed by atoms with E-state index >= 15 is 0 Å². The number of aryl methyl sites for hydroxylation is 1. The Bertz CT molecular complexity index is 599. The van der Waals surface area contributed by atoms with Gasteiger partial charge in [-0.05, 0) is 50.6 Å². The summed E-state index contributed by atoms with van der Waals surface area (Å²) in [5.74, 6) is 2.60. The molecule has 2 heterocycles. The maximum Gasteiger partial charge on any atom is 0.134 e. The molecule has 0 bridgehead atoms. The predicted octanol–water partition coefficient (Wildman–Crippen LogP) is 4.13. The van der Waals surface area contributed by atoms with Crippen molar-refractivity contribution in [3.05, 3.63) is 28.4 Å². The summed E-state index contributed by atoms with van der Waals surface area (Å²) in [7, 11) is 0. The van der Waals surface area contributed by atoms with Crippen LogP contribution in [0.3, 0.4) is 0 Å². The van der Waals surface area contributed by atoms with Crippen LogP contribution in [0.25, 0.3) is 10.6 Å². The molecule has 1 saturated carbocycles. The first-order chi connectivity index (χ1) is 9.20. The number of nitrogens with zero attached hydrogens (tertiary/aromatic N) is 2. The lowest BCUT2D eigenvalue weighted by Crippen LogP contribution is -2.07. The van der Waals surface area contributed by atoms with E-state index in [9.17, 15) is 0 Å². The van der Waals surface area contributed by atoms with Gasteiger partial charge in [0.05, 0.1) is 10.6 Å². The van der Waals surface area contributed by atoms with E-state index in [2.05, 4.69) is 37.5 Å². The predicted molar refractivity (Wildman–Crippen MR) is 81.0 cm³/mol. The van der Waals surface area contributed by atoms with Gasteiger partial charge < -0.3 is 5.32 Å². The summed E-state index contributed by atoms with van der Waals surface area (Å²) in [6.07, 6.45) is 2.47. The van der Waals surface area contributed by atoms with Gasteiger partial charge in [-0.25, -0.2) is 9.97 Å². The SMILES string of the molecule is CCNc1nc(C2CC2)nc(-c2sccc2C)c1C. The van der Waals surface area contributed by atoms with Gasteiger partial charge in [0.25, 0.3) is 0 Å². The minimum Gasteiger partial charge on any atom is -0.370 e. The molecule has 0 saturated heterocycles. The fourth-order valence-electron chi connectivity index (χ4n) is 2.23. The second kappa shape index (κ2) is 4.93. The molecule has 0 aromatic carbocycles. The number of rotatable bonds is 4. The third-order valence-electron chi connectivity index (χ3n) is 3.53. The summed E-state index contributed by atoms with van der Waals surface area (Å²) in [4.78, 5) is 10.8. The van der Waals surface area contributed by atoms with Crippen molar-refractivity contribution in [3.63, 3.8) is 0 Å². The van der Waals surface area contributed by atoms with Gasteiger partial charge in [0.1, 0.15) is 11.6 Å². The standard InChI is InChI=1S/C15H19N3S/c1-4-16-14-10(3)12(13-9(2)7-8-19-13)17-15(18-14)11-5-6-11/h7-8,11H,4-6H2,1-3H3,(H,16,17,18). The van der Waals surface area contributed by atoms with Crippen molar-refractivity contribution in [3.8, 4) is 10.6 Å². The molecule has 3 rings (SSSR count). The Hall–Kier alpha value is -1.42. The number of thiophene rings is 1. The Balaban J connectivity index is 2.13. The largest absolute Gasteiger partial charge is 0.370 e. The molecule has 0 aliphatic heterocycles. The van der Waals surface area contributed by atoms with Gasteiger partial charge in [-0.1, -0.05) is 0 Å². The van der Waals surface area contributed by atoms with E-state index in [4.69, 9.17) is 9.97 Å². The van der Waals surface area contributed by atoms with Crippen LogP contribution in [0.4, 0.5) is 5.82 Å². The summed E-state index contributed by atoms with van der Waals surface area (Å²) in [6.45, 7) is 7.26. The van der Waals surface area contributed by atoms with E-state index in [1.807, 2.05) is 0 Å². The minimum absolute atomic E-state index is 0.581. The first-order valence-corrected chi connectivity index (χ1v) is 7.75. The van der Waals surface area contributed by atoms with Gasteiger partial charge in [-0.15, -0.1) is 11.3 Å². The summed E-state index contributed by atoms with van der Waals surface area (Å²) < 4.78 is 0. The van der Waals surface area contributed by atoms with Crippen LogP contribution in [0.15, 0.2) is 11.4 Å². The minimum atomic E-state index is 0.581. The molecule has 1 N–H and O–H groups in total. The first-order valence-electron chi connectivity index (χ1n) is 6.87. The molecular weight excluding hydrogens is 254 g/mol. The van der Waals surface area contributed by atoms with E-state index in [-0.39, 0.29) is 0 Å². The third kappa shape index (κ3) is 2.37. The monoisotopic (exact) mass is 273 g/mol. The van der Waals surface area contributed by atoms with Gasteiger partial charge in [0, 0.05) is 18.0 Å². The topological polar surface area (TPSA) is 37.8 Å². The number of aromatic nitrogens is 2. The number of hydrogen-bond donors (Lipinski definition) is 1. The molecule has 2 aromatic rings. The Morgan fingerprint density at radius 1 is 1.32 bits per heavy atom. The van der Waals surface area contributed by atoms with Crippen molar-refractivity contribution in [1.29, 1.82) is 0 Å². The van der Waals surface area contributed by atoms with E-state index in [0.29, 0.717) is 5.92 Å². The lowest BCUT2D eigenvalue weighted by molar-refractivity contribution is 0.919. The molecule has 1 aliphatic carbocycles. The van der Waals surface area contributed by atoms with E-state index < -0.39 is 0 Å². The highest BCUT2D eigenvalue weighted by Crippen LogP contribution is 2.41. The van der Waals surface area contributed by atoms with Crippen molar-refractivity contribution in [2.24, 2.45) is 0 Å². The van der Waals surface area contributed by atoms with Crippen LogP contribution in [0.5, 0.6) is 0 Å². The Kier molecular flexibility index (Phi) is 3.27. The third-order valence-corrected chi connectivity index (χ3v) is 4.55. The number of hydrogen-bond acceptors (Lipinski definition) is 4. The Morgan fingerprint density at radius 2 is 2.11 bits per heavy atom. The highest BCUT2D eigenvalue weighted by atomic mass is 32.1. The van der Waals surface area contributed by atoms with Crippen molar-refractivity contribution >= 4 is 17.2 Å². The fourth-order valence-corrected chi connectivity index (χ4v) is 3.21. The van der Waals surface area contributed by atoms with Crippen molar-refractivity contribution < 1.29 is 0 Å². The van der Waals surface area contributed by atoms with Crippen LogP contribution in [0.2, 0.25) is 0 Å². The fraction of sp³-hybridized carbons (Fsp3) is 0.467. The molecule has 3 nitrogen and oxygen atoms in total. The zero-order chi connectivity index (χ0) is 13.4. The van der Waals surface area contributed by atoms with Gasteiger partial charge in [0.15, 0.2) is 0 Å². The highest BCUT2D eigenvalue weighted by Gasteiger charge is 2.28. The van der Waals surface area contributed by atoms with Crippen LogP contribution < -0.4 is 5.32 Å². The average Bonchev–Trinajstić information content (AvgIpc) is 3.15. The number of anilines is 1. The summed E-state index contributed by atoms with van der Waals surface area (Å²) in [5.41, 5.74) is 3.58. The second-order valence-electron chi connectivity index (χ2n) is 5.14. The lowest BCUT2D eigenvalue weighted by Gasteiger charge is -2.13. The van der Waals surface area contributed by atoms with Crippen LogP contribution in [0, 0.1) is 13.8 Å². The maximum absolute atomic E-state index is 4.84. The molecule has 0 amide bonds. The Morgan fingerprint density at radius 3 is 2.68 bits per heavy atom. The van der Waals surface area contributed by atoms with E-state index in [1.165, 1.54) is 23.3 Å². The maximum atomic E-state index is 4.84. The molecule has 0 spiro atoms.